The fraction of sp³-hybridized carbons (Fsp3) is 0.381. The van der Waals surface area contributed by atoms with Gasteiger partial charge in [0.05, 0.1) is 23.4 Å². The van der Waals surface area contributed by atoms with Gasteiger partial charge in [0.15, 0.2) is 5.13 Å². The van der Waals surface area contributed by atoms with E-state index in [0.717, 1.165) is 52.3 Å². The second-order valence-corrected chi connectivity index (χ2v) is 7.84. The molecule has 1 aromatic carbocycles. The zero-order chi connectivity index (χ0) is 18.6. The number of thiazole rings is 1. The molecule has 0 saturated heterocycles. The van der Waals surface area contributed by atoms with Gasteiger partial charge in [0.25, 0.3) is 0 Å². The second-order valence-electron chi connectivity index (χ2n) is 6.83. The Kier molecular flexibility index (Phi) is 5.34. The lowest BCUT2D eigenvalue weighted by molar-refractivity contribution is -0.122. The van der Waals surface area contributed by atoms with Gasteiger partial charge in [-0.3, -0.25) is 14.7 Å². The number of carbonyl (C=O) groups excluding carboxylic acids is 1. The molecule has 0 atom stereocenters. The molecule has 140 valence electrons. The van der Waals surface area contributed by atoms with Crippen LogP contribution in [0.4, 0.5) is 5.13 Å². The molecule has 4 rings (SSSR count). The van der Waals surface area contributed by atoms with E-state index in [1.165, 1.54) is 0 Å². The minimum absolute atomic E-state index is 0.104. The van der Waals surface area contributed by atoms with Gasteiger partial charge >= 0.3 is 0 Å². The number of anilines is 1. The highest BCUT2D eigenvalue weighted by Crippen LogP contribution is 2.35. The van der Waals surface area contributed by atoms with Crippen LogP contribution in [0.3, 0.4) is 0 Å². The van der Waals surface area contributed by atoms with Crippen LogP contribution in [0, 0.1) is 5.92 Å². The smallest absolute Gasteiger partial charge is 0.232 e. The first-order chi connectivity index (χ1) is 13.2. The lowest BCUT2D eigenvalue weighted by atomic mass is 10.1. The van der Waals surface area contributed by atoms with E-state index >= 15 is 0 Å². The highest BCUT2D eigenvalue weighted by atomic mass is 32.1. The van der Waals surface area contributed by atoms with E-state index < -0.39 is 0 Å². The van der Waals surface area contributed by atoms with Crippen molar-refractivity contribution in [3.05, 3.63) is 48.3 Å². The number of benzene rings is 1. The van der Waals surface area contributed by atoms with Crippen molar-refractivity contribution in [2.75, 3.05) is 11.5 Å². The van der Waals surface area contributed by atoms with Crippen LogP contribution in [0.2, 0.25) is 0 Å². The predicted molar refractivity (Wildman–Crippen MR) is 108 cm³/mol. The number of ether oxygens (including phenoxy) is 1. The molecule has 2 heterocycles. The molecular formula is C21H23N3O2S. The molecule has 0 spiro atoms. The van der Waals surface area contributed by atoms with Crippen LogP contribution in [0.25, 0.3) is 10.2 Å². The molecular weight excluding hydrogens is 358 g/mol. The third kappa shape index (κ3) is 3.95. The monoisotopic (exact) mass is 381 g/mol. The van der Waals surface area contributed by atoms with Crippen molar-refractivity contribution in [1.29, 1.82) is 0 Å². The molecule has 3 aromatic rings. The SMILES string of the molecule is CCOc1ccc2nc(N(Cc3cccnc3)C(=O)C3CCCC3)sc2c1. The van der Waals surface area contributed by atoms with Crippen molar-refractivity contribution in [1.82, 2.24) is 9.97 Å². The summed E-state index contributed by atoms with van der Waals surface area (Å²) in [5, 5.41) is 0.749. The van der Waals surface area contributed by atoms with Crippen molar-refractivity contribution in [3.8, 4) is 5.75 Å². The molecule has 27 heavy (non-hydrogen) atoms. The Morgan fingerprint density at radius 1 is 1.30 bits per heavy atom. The van der Waals surface area contributed by atoms with Crippen molar-refractivity contribution in [2.45, 2.75) is 39.2 Å². The Morgan fingerprint density at radius 2 is 2.15 bits per heavy atom. The fourth-order valence-corrected chi connectivity index (χ4v) is 4.57. The van der Waals surface area contributed by atoms with E-state index in [2.05, 4.69) is 4.98 Å². The minimum atomic E-state index is 0.104. The van der Waals surface area contributed by atoms with Gasteiger partial charge < -0.3 is 4.74 Å². The normalized spacial score (nSPS) is 14.6. The molecule has 0 bridgehead atoms. The maximum Gasteiger partial charge on any atom is 0.232 e. The third-order valence-electron chi connectivity index (χ3n) is 4.92. The zero-order valence-corrected chi connectivity index (χ0v) is 16.2. The van der Waals surface area contributed by atoms with Crippen LogP contribution in [0.1, 0.15) is 38.2 Å². The lowest BCUT2D eigenvalue weighted by Crippen LogP contribution is -2.34. The van der Waals surface area contributed by atoms with Gasteiger partial charge in [-0.25, -0.2) is 4.98 Å². The molecule has 1 saturated carbocycles. The largest absolute Gasteiger partial charge is 0.494 e. The molecule has 0 N–H and O–H groups in total. The summed E-state index contributed by atoms with van der Waals surface area (Å²) in [4.78, 5) is 24.0. The van der Waals surface area contributed by atoms with Crippen LogP contribution >= 0.6 is 11.3 Å². The minimum Gasteiger partial charge on any atom is -0.494 e. The maximum atomic E-state index is 13.2. The molecule has 6 heteroatoms. The highest BCUT2D eigenvalue weighted by molar-refractivity contribution is 7.22. The molecule has 0 unspecified atom stereocenters. The van der Waals surface area contributed by atoms with Gasteiger partial charge in [0.1, 0.15) is 5.75 Å². The Hall–Kier alpha value is -2.47. The summed E-state index contributed by atoms with van der Waals surface area (Å²) in [7, 11) is 0. The number of fused-ring (bicyclic) bond motifs is 1. The van der Waals surface area contributed by atoms with Crippen molar-refractivity contribution in [2.24, 2.45) is 5.92 Å². The molecule has 1 amide bonds. The standard InChI is InChI=1S/C21H23N3O2S/c1-2-26-17-9-10-18-19(12-17)27-21(23-18)24(14-15-6-5-11-22-13-15)20(25)16-7-3-4-8-16/h5-6,9-13,16H,2-4,7-8,14H2,1H3. The zero-order valence-electron chi connectivity index (χ0n) is 15.4. The third-order valence-corrected chi connectivity index (χ3v) is 5.97. The van der Waals surface area contributed by atoms with E-state index in [1.807, 2.05) is 48.4 Å². The molecule has 0 radical (unpaired) electrons. The number of hydrogen-bond acceptors (Lipinski definition) is 5. The van der Waals surface area contributed by atoms with Crippen LogP contribution in [-0.2, 0) is 11.3 Å². The average molecular weight is 382 g/mol. The van der Waals surface area contributed by atoms with E-state index in [0.29, 0.717) is 13.2 Å². The molecule has 1 aliphatic carbocycles. The Balaban J connectivity index is 1.68. The van der Waals surface area contributed by atoms with E-state index in [-0.39, 0.29) is 11.8 Å². The first kappa shape index (κ1) is 17.9. The average Bonchev–Trinajstić information content (AvgIpc) is 3.36. The number of amides is 1. The topological polar surface area (TPSA) is 55.3 Å². The predicted octanol–water partition coefficient (Wildman–Crippen LogP) is 4.81. The second kappa shape index (κ2) is 8.05. The van der Waals surface area contributed by atoms with Gasteiger partial charge in [-0.15, -0.1) is 0 Å². The summed E-state index contributed by atoms with van der Waals surface area (Å²) in [5.74, 6) is 1.12. The summed E-state index contributed by atoms with van der Waals surface area (Å²) in [5.41, 5.74) is 1.91. The molecule has 2 aromatic heterocycles. The van der Waals surface area contributed by atoms with E-state index in [9.17, 15) is 4.79 Å². The van der Waals surface area contributed by atoms with Gasteiger partial charge in [0.2, 0.25) is 5.91 Å². The summed E-state index contributed by atoms with van der Waals surface area (Å²) < 4.78 is 6.63. The van der Waals surface area contributed by atoms with Gasteiger partial charge in [0, 0.05) is 18.3 Å². The number of pyridine rings is 1. The van der Waals surface area contributed by atoms with E-state index in [1.54, 1.807) is 17.5 Å². The van der Waals surface area contributed by atoms with Crippen molar-refractivity contribution >= 4 is 32.6 Å². The van der Waals surface area contributed by atoms with Crippen LogP contribution in [0.15, 0.2) is 42.7 Å². The molecule has 1 aliphatic rings. The number of aromatic nitrogens is 2. The summed E-state index contributed by atoms with van der Waals surface area (Å²) in [6, 6.07) is 9.80. The van der Waals surface area contributed by atoms with Gasteiger partial charge in [-0.2, -0.15) is 0 Å². The molecule has 5 nitrogen and oxygen atoms in total. The summed E-state index contributed by atoms with van der Waals surface area (Å²) >= 11 is 1.55. The molecule has 1 fully saturated rings. The first-order valence-electron chi connectivity index (χ1n) is 9.48. The van der Waals surface area contributed by atoms with Crippen LogP contribution < -0.4 is 9.64 Å². The molecule has 0 aliphatic heterocycles. The number of rotatable bonds is 6. The lowest BCUT2D eigenvalue weighted by Gasteiger charge is -2.23. The van der Waals surface area contributed by atoms with Crippen LogP contribution in [0.5, 0.6) is 5.75 Å². The maximum absolute atomic E-state index is 13.2. The number of carbonyl (C=O) groups is 1. The van der Waals surface area contributed by atoms with Crippen molar-refractivity contribution in [3.63, 3.8) is 0 Å². The van der Waals surface area contributed by atoms with E-state index in [4.69, 9.17) is 9.72 Å². The van der Waals surface area contributed by atoms with Crippen molar-refractivity contribution < 1.29 is 9.53 Å². The quantitative estimate of drug-likeness (QED) is 0.615. The summed E-state index contributed by atoms with van der Waals surface area (Å²) in [6.07, 6.45) is 7.78. The summed E-state index contributed by atoms with van der Waals surface area (Å²) in [6.45, 7) is 3.10. The Labute approximate surface area is 163 Å². The fourth-order valence-electron chi connectivity index (χ4n) is 3.57. The number of nitrogens with zero attached hydrogens (tertiary/aromatic N) is 3. The van der Waals surface area contributed by atoms with Gasteiger partial charge in [-0.1, -0.05) is 30.2 Å². The first-order valence-corrected chi connectivity index (χ1v) is 10.3. The highest BCUT2D eigenvalue weighted by Gasteiger charge is 2.30. The Bertz CT molecular complexity index is 920. The van der Waals surface area contributed by atoms with Gasteiger partial charge in [-0.05, 0) is 49.6 Å². The Morgan fingerprint density at radius 3 is 2.89 bits per heavy atom. The number of hydrogen-bond donors (Lipinski definition) is 0. The van der Waals surface area contributed by atoms with Crippen LogP contribution in [-0.4, -0.2) is 22.5 Å².